The predicted molar refractivity (Wildman–Crippen MR) is 89.4 cm³/mol. The fourth-order valence-electron chi connectivity index (χ4n) is 2.54. The number of halogens is 2. The van der Waals surface area contributed by atoms with Gasteiger partial charge in [-0.15, -0.1) is 0 Å². The topological polar surface area (TPSA) is 41.6 Å². The number of amidine groups is 1. The monoisotopic (exact) mass is 317 g/mol. The van der Waals surface area contributed by atoms with E-state index in [0.29, 0.717) is 11.6 Å². The molecule has 0 saturated carbocycles. The lowest BCUT2D eigenvalue weighted by molar-refractivity contribution is 0.627. The molecule has 0 aliphatic carbocycles. The quantitative estimate of drug-likeness (QED) is 0.918. The molecule has 1 heterocycles. The van der Waals surface area contributed by atoms with Crippen LogP contribution in [0.4, 0.5) is 15.8 Å². The fraction of sp³-hybridized carbons (Fsp3) is 0.235. The zero-order valence-corrected chi connectivity index (χ0v) is 13.0. The summed E-state index contributed by atoms with van der Waals surface area (Å²) >= 11 is 6.29. The van der Waals surface area contributed by atoms with Gasteiger partial charge in [-0.1, -0.05) is 24.6 Å². The summed E-state index contributed by atoms with van der Waals surface area (Å²) in [5.74, 6) is 0.515. The van der Waals surface area contributed by atoms with Crippen LogP contribution in [-0.2, 0) is 6.54 Å². The van der Waals surface area contributed by atoms with Gasteiger partial charge < -0.3 is 10.6 Å². The second-order valence-electron chi connectivity index (χ2n) is 5.28. The normalized spacial score (nSPS) is 15.3. The highest BCUT2D eigenvalue weighted by Crippen LogP contribution is 2.34. The van der Waals surface area contributed by atoms with Crippen LogP contribution in [0.15, 0.2) is 47.5 Å². The van der Waals surface area contributed by atoms with Gasteiger partial charge in [-0.25, -0.2) is 9.38 Å². The Hall–Kier alpha value is -1.91. The van der Waals surface area contributed by atoms with Crippen molar-refractivity contribution in [3.8, 4) is 0 Å². The number of aliphatic imine (C=N–C) groups is 1. The highest BCUT2D eigenvalue weighted by molar-refractivity contribution is 6.32. The van der Waals surface area contributed by atoms with Gasteiger partial charge in [0.2, 0.25) is 0 Å². The van der Waals surface area contributed by atoms with Crippen LogP contribution >= 0.6 is 11.6 Å². The highest BCUT2D eigenvalue weighted by atomic mass is 35.5. The average Bonchev–Trinajstić information content (AvgIpc) is 2.54. The van der Waals surface area contributed by atoms with Crippen LogP contribution in [0, 0.1) is 5.82 Å². The van der Waals surface area contributed by atoms with Crippen LogP contribution in [0.5, 0.6) is 0 Å². The van der Waals surface area contributed by atoms with Gasteiger partial charge in [-0.2, -0.15) is 0 Å². The van der Waals surface area contributed by atoms with Gasteiger partial charge in [0, 0.05) is 16.3 Å². The first kappa shape index (κ1) is 15.0. The molecule has 0 fully saturated rings. The Morgan fingerprint density at radius 3 is 2.68 bits per heavy atom. The lowest BCUT2D eigenvalue weighted by Crippen LogP contribution is -2.44. The molecule has 3 nitrogen and oxygen atoms in total. The molecular weight excluding hydrogens is 301 g/mol. The summed E-state index contributed by atoms with van der Waals surface area (Å²) in [7, 11) is 0. The first-order chi connectivity index (χ1) is 10.6. The van der Waals surface area contributed by atoms with E-state index in [4.69, 9.17) is 22.3 Å². The van der Waals surface area contributed by atoms with E-state index in [1.165, 1.54) is 12.1 Å². The van der Waals surface area contributed by atoms with Crippen molar-refractivity contribution in [2.24, 2.45) is 10.7 Å². The van der Waals surface area contributed by atoms with E-state index in [-0.39, 0.29) is 11.9 Å². The first-order valence-electron chi connectivity index (χ1n) is 7.24. The average molecular weight is 318 g/mol. The standard InChI is InChI=1S/C17H17ClFN3/c1-2-15(20)17-21-16-5-3-4-14(18)13(16)10-22(17)12-8-6-11(19)7-9-12/h3-9,15H,2,10,20H2,1H3/t15-/m0/s1. The van der Waals surface area contributed by atoms with Crippen molar-refractivity contribution >= 4 is 28.8 Å². The maximum atomic E-state index is 13.2. The second-order valence-corrected chi connectivity index (χ2v) is 5.69. The van der Waals surface area contributed by atoms with Crippen molar-refractivity contribution in [1.82, 2.24) is 0 Å². The van der Waals surface area contributed by atoms with Crippen molar-refractivity contribution in [3.05, 3.63) is 58.9 Å². The molecule has 3 rings (SSSR count). The maximum Gasteiger partial charge on any atom is 0.127 e. The molecule has 0 bridgehead atoms. The number of hydrogen-bond donors (Lipinski definition) is 1. The van der Waals surface area contributed by atoms with E-state index in [0.717, 1.165) is 29.2 Å². The number of anilines is 1. The molecule has 0 saturated heterocycles. The van der Waals surface area contributed by atoms with E-state index in [1.807, 2.05) is 30.0 Å². The molecule has 0 unspecified atom stereocenters. The van der Waals surface area contributed by atoms with Crippen molar-refractivity contribution < 1.29 is 4.39 Å². The van der Waals surface area contributed by atoms with Gasteiger partial charge in [0.05, 0.1) is 18.3 Å². The minimum Gasteiger partial charge on any atom is -0.324 e. The van der Waals surface area contributed by atoms with Gasteiger partial charge in [0.15, 0.2) is 0 Å². The van der Waals surface area contributed by atoms with Gasteiger partial charge in [-0.3, -0.25) is 0 Å². The number of fused-ring (bicyclic) bond motifs is 1. The third-order valence-electron chi connectivity index (χ3n) is 3.83. The molecule has 0 radical (unpaired) electrons. The van der Waals surface area contributed by atoms with Crippen LogP contribution in [0.3, 0.4) is 0 Å². The summed E-state index contributed by atoms with van der Waals surface area (Å²) in [4.78, 5) is 6.70. The minimum absolute atomic E-state index is 0.183. The smallest absolute Gasteiger partial charge is 0.127 e. The Morgan fingerprint density at radius 1 is 1.27 bits per heavy atom. The summed E-state index contributed by atoms with van der Waals surface area (Å²) < 4.78 is 13.2. The van der Waals surface area contributed by atoms with E-state index in [9.17, 15) is 4.39 Å². The van der Waals surface area contributed by atoms with Gasteiger partial charge >= 0.3 is 0 Å². The lowest BCUT2D eigenvalue weighted by Gasteiger charge is -2.33. The highest BCUT2D eigenvalue weighted by Gasteiger charge is 2.26. The molecule has 1 atom stereocenters. The third-order valence-corrected chi connectivity index (χ3v) is 4.19. The number of rotatable bonds is 3. The Labute approximate surface area is 134 Å². The molecule has 0 amide bonds. The Balaban J connectivity index is 2.09. The summed E-state index contributed by atoms with van der Waals surface area (Å²) in [6.45, 7) is 2.59. The largest absolute Gasteiger partial charge is 0.324 e. The lowest BCUT2D eigenvalue weighted by atomic mass is 10.1. The molecule has 0 spiro atoms. The van der Waals surface area contributed by atoms with Crippen LogP contribution in [-0.4, -0.2) is 11.9 Å². The van der Waals surface area contributed by atoms with Crippen molar-refractivity contribution in [2.75, 3.05) is 4.90 Å². The number of hydrogen-bond acceptors (Lipinski definition) is 3. The van der Waals surface area contributed by atoms with Gasteiger partial charge in [-0.05, 0) is 42.8 Å². The van der Waals surface area contributed by atoms with E-state index in [1.54, 1.807) is 12.1 Å². The van der Waals surface area contributed by atoms with Gasteiger partial charge in [0.1, 0.15) is 11.7 Å². The summed E-state index contributed by atoms with van der Waals surface area (Å²) in [5, 5.41) is 0.678. The number of nitrogens with two attached hydrogens (primary N) is 1. The van der Waals surface area contributed by atoms with Crippen molar-refractivity contribution in [3.63, 3.8) is 0 Å². The fourth-order valence-corrected chi connectivity index (χ4v) is 2.77. The summed E-state index contributed by atoms with van der Waals surface area (Å²) in [6, 6.07) is 11.8. The van der Waals surface area contributed by atoms with Crippen LogP contribution < -0.4 is 10.6 Å². The number of benzene rings is 2. The molecule has 22 heavy (non-hydrogen) atoms. The number of nitrogens with zero attached hydrogens (tertiary/aromatic N) is 2. The van der Waals surface area contributed by atoms with E-state index >= 15 is 0 Å². The Morgan fingerprint density at radius 2 is 2.00 bits per heavy atom. The SMILES string of the molecule is CC[C@H](N)C1=Nc2cccc(Cl)c2CN1c1ccc(F)cc1. The summed E-state index contributed by atoms with van der Waals surface area (Å²) in [5.41, 5.74) is 8.89. The Kier molecular flexibility index (Phi) is 4.14. The minimum atomic E-state index is -0.266. The summed E-state index contributed by atoms with van der Waals surface area (Å²) in [6.07, 6.45) is 0.770. The molecule has 0 aromatic heterocycles. The van der Waals surface area contributed by atoms with Crippen LogP contribution in [0.25, 0.3) is 0 Å². The molecule has 1 aliphatic rings. The zero-order valence-electron chi connectivity index (χ0n) is 12.3. The molecular formula is C17H17ClFN3. The molecule has 2 aromatic carbocycles. The van der Waals surface area contributed by atoms with E-state index in [2.05, 4.69) is 0 Å². The van der Waals surface area contributed by atoms with Crippen LogP contribution in [0.2, 0.25) is 5.02 Å². The molecule has 1 aliphatic heterocycles. The molecule has 2 aromatic rings. The molecule has 5 heteroatoms. The predicted octanol–water partition coefficient (Wildman–Crippen LogP) is 4.27. The van der Waals surface area contributed by atoms with Crippen molar-refractivity contribution in [2.45, 2.75) is 25.9 Å². The maximum absolute atomic E-state index is 13.2. The van der Waals surface area contributed by atoms with Crippen molar-refractivity contribution in [1.29, 1.82) is 0 Å². The Bertz CT molecular complexity index is 712. The zero-order chi connectivity index (χ0) is 15.7. The van der Waals surface area contributed by atoms with E-state index < -0.39 is 0 Å². The molecule has 114 valence electrons. The third kappa shape index (κ3) is 2.72. The second kappa shape index (κ2) is 6.07. The molecule has 2 N–H and O–H groups in total. The van der Waals surface area contributed by atoms with Crippen LogP contribution in [0.1, 0.15) is 18.9 Å². The van der Waals surface area contributed by atoms with Gasteiger partial charge in [0.25, 0.3) is 0 Å². The first-order valence-corrected chi connectivity index (χ1v) is 7.62.